The Bertz CT molecular complexity index is 308. The first kappa shape index (κ1) is 22.3. The van der Waals surface area contributed by atoms with E-state index in [0.29, 0.717) is 6.61 Å². The van der Waals surface area contributed by atoms with Crippen molar-refractivity contribution >= 4 is 41.7 Å². The van der Waals surface area contributed by atoms with Crippen LogP contribution in [0, 0.1) is 0 Å². The van der Waals surface area contributed by atoms with Gasteiger partial charge in [0.1, 0.15) is 0 Å². The van der Waals surface area contributed by atoms with Crippen molar-refractivity contribution in [2.75, 3.05) is 45.8 Å². The summed E-state index contributed by atoms with van der Waals surface area (Å²) in [5.41, 5.74) is 0. The molecule has 1 saturated heterocycles. The Hall–Kier alpha value is 0.270. The van der Waals surface area contributed by atoms with Crippen LogP contribution in [0.15, 0.2) is 4.99 Å². The van der Waals surface area contributed by atoms with Crippen molar-refractivity contribution in [1.29, 1.82) is 0 Å². The molecule has 0 amide bonds. The van der Waals surface area contributed by atoms with Crippen molar-refractivity contribution < 1.29 is 9.47 Å². The standard InChI is InChI=1S/C15H31N3O2S.HI/c1-5-16-14(18-13(3)11-19-4)17-12-15(21-6-2)7-9-20-10-8-15;/h13H,5-12H2,1-4H3,(H2,16,17,18);1H. The number of methoxy groups -OCH3 is 1. The van der Waals surface area contributed by atoms with Crippen molar-refractivity contribution in [3.8, 4) is 0 Å². The maximum atomic E-state index is 5.51. The molecule has 1 aliphatic heterocycles. The zero-order valence-corrected chi connectivity index (χ0v) is 17.5. The Morgan fingerprint density at radius 3 is 2.59 bits per heavy atom. The number of guanidine groups is 1. The number of hydrogen-bond donors (Lipinski definition) is 2. The second kappa shape index (κ2) is 12.7. The fourth-order valence-electron chi connectivity index (χ4n) is 2.47. The zero-order valence-electron chi connectivity index (χ0n) is 14.3. The zero-order chi connectivity index (χ0) is 15.6. The molecule has 1 heterocycles. The van der Waals surface area contributed by atoms with Gasteiger partial charge in [-0.1, -0.05) is 6.92 Å². The molecular weight excluding hydrogens is 413 g/mol. The van der Waals surface area contributed by atoms with E-state index in [0.717, 1.165) is 50.9 Å². The molecule has 1 fully saturated rings. The number of nitrogens with one attached hydrogen (secondary N) is 2. The lowest BCUT2D eigenvalue weighted by Crippen LogP contribution is -2.45. The maximum absolute atomic E-state index is 5.51. The van der Waals surface area contributed by atoms with Crippen molar-refractivity contribution in [1.82, 2.24) is 10.6 Å². The van der Waals surface area contributed by atoms with Gasteiger partial charge in [0.05, 0.1) is 13.2 Å². The number of ether oxygens (including phenoxy) is 2. The molecule has 22 heavy (non-hydrogen) atoms. The summed E-state index contributed by atoms with van der Waals surface area (Å²) in [6.45, 7) is 10.5. The number of hydrogen-bond acceptors (Lipinski definition) is 4. The number of aliphatic imine (C=N–C) groups is 1. The van der Waals surface area contributed by atoms with E-state index in [2.05, 4.69) is 31.4 Å². The highest BCUT2D eigenvalue weighted by Gasteiger charge is 2.32. The second-order valence-electron chi connectivity index (χ2n) is 5.42. The van der Waals surface area contributed by atoms with Crippen LogP contribution >= 0.6 is 35.7 Å². The molecular formula is C15H32IN3O2S. The summed E-state index contributed by atoms with van der Waals surface area (Å²) >= 11 is 2.02. The van der Waals surface area contributed by atoms with Gasteiger partial charge in [0.2, 0.25) is 0 Å². The number of rotatable bonds is 8. The minimum Gasteiger partial charge on any atom is -0.383 e. The Morgan fingerprint density at radius 2 is 2.05 bits per heavy atom. The summed E-state index contributed by atoms with van der Waals surface area (Å²) < 4.78 is 10.9. The number of halogens is 1. The van der Waals surface area contributed by atoms with Crippen LogP contribution in [0.2, 0.25) is 0 Å². The molecule has 1 unspecified atom stereocenters. The van der Waals surface area contributed by atoms with E-state index in [1.54, 1.807) is 7.11 Å². The highest BCUT2D eigenvalue weighted by Crippen LogP contribution is 2.35. The molecule has 0 aliphatic carbocycles. The van der Waals surface area contributed by atoms with Crippen LogP contribution in [0.5, 0.6) is 0 Å². The fraction of sp³-hybridized carbons (Fsp3) is 0.933. The molecule has 0 spiro atoms. The molecule has 2 N–H and O–H groups in total. The summed E-state index contributed by atoms with van der Waals surface area (Å²) in [5.74, 6) is 2.00. The third-order valence-corrected chi connectivity index (χ3v) is 4.96. The molecule has 0 bridgehead atoms. The van der Waals surface area contributed by atoms with E-state index < -0.39 is 0 Å². The predicted molar refractivity (Wildman–Crippen MR) is 107 cm³/mol. The first-order chi connectivity index (χ1) is 10.2. The lowest BCUT2D eigenvalue weighted by Gasteiger charge is -2.35. The third-order valence-electron chi connectivity index (χ3n) is 3.52. The topological polar surface area (TPSA) is 54.9 Å². The van der Waals surface area contributed by atoms with E-state index in [1.807, 2.05) is 11.8 Å². The van der Waals surface area contributed by atoms with Crippen LogP contribution in [0.4, 0.5) is 0 Å². The van der Waals surface area contributed by atoms with Crippen molar-refractivity contribution in [3.63, 3.8) is 0 Å². The van der Waals surface area contributed by atoms with E-state index >= 15 is 0 Å². The molecule has 1 atom stereocenters. The first-order valence-corrected chi connectivity index (χ1v) is 8.90. The molecule has 0 aromatic rings. The van der Waals surface area contributed by atoms with E-state index in [-0.39, 0.29) is 34.8 Å². The van der Waals surface area contributed by atoms with Crippen molar-refractivity contribution in [3.05, 3.63) is 0 Å². The second-order valence-corrected chi connectivity index (χ2v) is 7.16. The summed E-state index contributed by atoms with van der Waals surface area (Å²) in [7, 11) is 1.72. The minimum absolute atomic E-state index is 0. The predicted octanol–water partition coefficient (Wildman–Crippen LogP) is 2.50. The van der Waals surface area contributed by atoms with E-state index in [1.165, 1.54) is 0 Å². The molecule has 7 heteroatoms. The quantitative estimate of drug-likeness (QED) is 0.342. The molecule has 1 aliphatic rings. The molecule has 0 aromatic carbocycles. The molecule has 0 aromatic heterocycles. The summed E-state index contributed by atoms with van der Waals surface area (Å²) in [4.78, 5) is 4.81. The molecule has 5 nitrogen and oxygen atoms in total. The Balaban J connectivity index is 0.00000441. The average Bonchev–Trinajstić information content (AvgIpc) is 2.47. The summed E-state index contributed by atoms with van der Waals surface area (Å²) in [6, 6.07) is 0.247. The smallest absolute Gasteiger partial charge is 0.191 e. The van der Waals surface area contributed by atoms with Crippen LogP contribution < -0.4 is 10.6 Å². The highest BCUT2D eigenvalue weighted by molar-refractivity contribution is 14.0. The van der Waals surface area contributed by atoms with Crippen LogP contribution in [0.3, 0.4) is 0 Å². The van der Waals surface area contributed by atoms with Crippen molar-refractivity contribution in [2.45, 2.75) is 44.4 Å². The first-order valence-electron chi connectivity index (χ1n) is 7.91. The van der Waals surface area contributed by atoms with Gasteiger partial charge in [-0.3, -0.25) is 4.99 Å². The van der Waals surface area contributed by atoms with Gasteiger partial charge < -0.3 is 20.1 Å². The van der Waals surface area contributed by atoms with Gasteiger partial charge in [-0.25, -0.2) is 0 Å². The Morgan fingerprint density at radius 1 is 1.36 bits per heavy atom. The van der Waals surface area contributed by atoms with Crippen LogP contribution in [-0.2, 0) is 9.47 Å². The molecule has 132 valence electrons. The van der Waals surface area contributed by atoms with Crippen molar-refractivity contribution in [2.24, 2.45) is 4.99 Å². The number of thioether (sulfide) groups is 1. The molecule has 1 rings (SSSR count). The van der Waals surface area contributed by atoms with Gasteiger partial charge in [-0.2, -0.15) is 11.8 Å². The molecule has 0 saturated carbocycles. The van der Waals surface area contributed by atoms with Gasteiger partial charge in [0.15, 0.2) is 5.96 Å². The van der Waals surface area contributed by atoms with Crippen LogP contribution in [0.1, 0.15) is 33.6 Å². The Labute approximate surface area is 156 Å². The summed E-state index contributed by atoms with van der Waals surface area (Å²) in [6.07, 6.45) is 2.17. The largest absolute Gasteiger partial charge is 0.383 e. The van der Waals surface area contributed by atoms with Crippen LogP contribution in [0.25, 0.3) is 0 Å². The fourth-order valence-corrected chi connectivity index (χ4v) is 3.69. The van der Waals surface area contributed by atoms with Gasteiger partial charge in [-0.05, 0) is 32.4 Å². The van der Waals surface area contributed by atoms with Gasteiger partial charge in [0, 0.05) is 37.7 Å². The Kier molecular flexibility index (Phi) is 12.8. The monoisotopic (exact) mass is 445 g/mol. The third kappa shape index (κ3) is 8.21. The normalized spacial score (nSPS) is 19.2. The molecule has 0 radical (unpaired) electrons. The van der Waals surface area contributed by atoms with E-state index in [9.17, 15) is 0 Å². The lowest BCUT2D eigenvalue weighted by molar-refractivity contribution is 0.0793. The minimum atomic E-state index is 0. The van der Waals surface area contributed by atoms with Gasteiger partial charge >= 0.3 is 0 Å². The van der Waals surface area contributed by atoms with Crippen LogP contribution in [-0.4, -0.2) is 62.5 Å². The highest BCUT2D eigenvalue weighted by atomic mass is 127. The van der Waals surface area contributed by atoms with E-state index in [4.69, 9.17) is 14.5 Å². The maximum Gasteiger partial charge on any atom is 0.191 e. The number of nitrogens with zero attached hydrogens (tertiary/aromatic N) is 1. The average molecular weight is 445 g/mol. The lowest BCUT2D eigenvalue weighted by atomic mass is 9.99. The van der Waals surface area contributed by atoms with Gasteiger partial charge in [0.25, 0.3) is 0 Å². The van der Waals surface area contributed by atoms with Gasteiger partial charge in [-0.15, -0.1) is 24.0 Å². The SMILES string of the molecule is CCNC(=NCC1(SCC)CCOCC1)NC(C)COC.I. The summed E-state index contributed by atoms with van der Waals surface area (Å²) in [5, 5.41) is 6.70.